The van der Waals surface area contributed by atoms with Crippen LogP contribution in [0.15, 0.2) is 71.7 Å². The van der Waals surface area contributed by atoms with Gasteiger partial charge in [-0.3, -0.25) is 14.4 Å². The van der Waals surface area contributed by atoms with E-state index in [1.165, 1.54) is 42.6 Å². The molecule has 1 aromatic heterocycles. The minimum Gasteiger partial charge on any atom is -0.435 e. The summed E-state index contributed by atoms with van der Waals surface area (Å²) in [4.78, 5) is 40.7. The fraction of sp³-hybridized carbons (Fsp3) is 0.269. The van der Waals surface area contributed by atoms with Crippen molar-refractivity contribution in [2.45, 2.75) is 37.7 Å². The third-order valence-electron chi connectivity index (χ3n) is 6.17. The maximum Gasteiger partial charge on any atom is 0.390 e. The number of nitrogens with zero attached hydrogens (tertiary/aromatic N) is 2. The summed E-state index contributed by atoms with van der Waals surface area (Å²) in [5, 5.41) is 3.07. The number of carbonyl (C=O) groups is 2. The molecule has 2 atom stereocenters. The lowest BCUT2D eigenvalue weighted by atomic mass is 9.94. The summed E-state index contributed by atoms with van der Waals surface area (Å²) in [5.41, 5.74) is -0.234. The highest BCUT2D eigenvalue weighted by Gasteiger charge is 2.43. The molecule has 0 unspecified atom stereocenters. The van der Waals surface area contributed by atoms with Gasteiger partial charge in [0.1, 0.15) is 17.5 Å². The number of amides is 2. The van der Waals surface area contributed by atoms with E-state index in [1.807, 2.05) is 0 Å². The third kappa shape index (κ3) is 6.75. The predicted octanol–water partition coefficient (Wildman–Crippen LogP) is 4.98. The van der Waals surface area contributed by atoms with Crippen LogP contribution in [0.1, 0.15) is 28.3 Å². The van der Waals surface area contributed by atoms with Crippen LogP contribution < -0.4 is 20.5 Å². The van der Waals surface area contributed by atoms with Gasteiger partial charge in [0, 0.05) is 35.8 Å². The van der Waals surface area contributed by atoms with Crippen molar-refractivity contribution in [3.8, 4) is 5.75 Å². The molecule has 0 aliphatic carbocycles. The van der Waals surface area contributed by atoms with Gasteiger partial charge in [-0.05, 0) is 54.1 Å². The molecule has 0 spiro atoms. The Balaban J connectivity index is 1.63. The molecule has 1 aliphatic heterocycles. The highest BCUT2D eigenvalue weighted by atomic mass is 35.5. The van der Waals surface area contributed by atoms with Gasteiger partial charge in [-0.1, -0.05) is 23.7 Å². The maximum absolute atomic E-state index is 13.5. The van der Waals surface area contributed by atoms with Gasteiger partial charge in [-0.15, -0.1) is 0 Å². The molecule has 0 radical (unpaired) electrons. The highest BCUT2D eigenvalue weighted by molar-refractivity contribution is 6.30. The van der Waals surface area contributed by atoms with Crippen molar-refractivity contribution in [3.05, 3.63) is 93.4 Å². The highest BCUT2D eigenvalue weighted by Crippen LogP contribution is 2.32. The van der Waals surface area contributed by atoms with Crippen LogP contribution in [0.25, 0.3) is 0 Å². The first-order chi connectivity index (χ1) is 18.4. The van der Waals surface area contributed by atoms with Gasteiger partial charge >= 0.3 is 12.8 Å². The third-order valence-corrected chi connectivity index (χ3v) is 6.42. The van der Waals surface area contributed by atoms with E-state index in [4.69, 9.17) is 11.6 Å². The molecule has 39 heavy (non-hydrogen) atoms. The van der Waals surface area contributed by atoms with Crippen LogP contribution in [-0.2, 0) is 11.3 Å². The van der Waals surface area contributed by atoms with Gasteiger partial charge in [0.05, 0.1) is 6.42 Å². The Morgan fingerprint density at radius 3 is 2.33 bits per heavy atom. The van der Waals surface area contributed by atoms with Crippen molar-refractivity contribution in [3.63, 3.8) is 0 Å². The molecule has 13 heteroatoms. The Morgan fingerprint density at radius 2 is 1.72 bits per heavy atom. The maximum atomic E-state index is 13.5. The summed E-state index contributed by atoms with van der Waals surface area (Å²) in [7, 11) is 0. The number of alkyl halides is 5. The molecule has 2 heterocycles. The second-order valence-electron chi connectivity index (χ2n) is 8.72. The lowest BCUT2D eigenvalue weighted by molar-refractivity contribution is -0.136. The van der Waals surface area contributed by atoms with Crippen molar-refractivity contribution < 1.29 is 36.3 Å². The summed E-state index contributed by atoms with van der Waals surface area (Å²) in [6, 6.07) is 12.9. The summed E-state index contributed by atoms with van der Waals surface area (Å²) in [6.45, 7) is -3.71. The number of aromatic nitrogens is 1. The van der Waals surface area contributed by atoms with Crippen molar-refractivity contribution >= 4 is 29.1 Å². The van der Waals surface area contributed by atoms with Crippen LogP contribution in [0.2, 0.25) is 5.02 Å². The molecule has 0 saturated carbocycles. The number of ether oxygens (including phenoxy) is 1. The SMILES string of the molecule is O=C(N[C@@H]1C(=O)N(c2cccn(CCC(F)(F)F)c2=O)C[C@H]1c1ccc(Cl)cc1)c1ccc(OC(F)F)cc1. The number of nitrogens with one attached hydrogen (secondary N) is 1. The molecule has 1 aliphatic rings. The number of anilines is 1. The van der Waals surface area contributed by atoms with Gasteiger partial charge in [0.25, 0.3) is 11.5 Å². The van der Waals surface area contributed by atoms with E-state index in [1.54, 1.807) is 24.3 Å². The van der Waals surface area contributed by atoms with E-state index in [0.717, 1.165) is 9.47 Å². The van der Waals surface area contributed by atoms with Gasteiger partial charge in [0.2, 0.25) is 5.91 Å². The number of aryl methyl sites for hydroxylation is 1. The fourth-order valence-corrected chi connectivity index (χ4v) is 4.41. The van der Waals surface area contributed by atoms with Crippen LogP contribution in [0.5, 0.6) is 5.75 Å². The number of benzene rings is 2. The quantitative estimate of drug-likeness (QED) is 0.388. The first-order valence-electron chi connectivity index (χ1n) is 11.6. The predicted molar refractivity (Wildman–Crippen MR) is 132 cm³/mol. The molecule has 3 aromatic rings. The second kappa shape index (κ2) is 11.4. The monoisotopic (exact) mass is 569 g/mol. The lowest BCUT2D eigenvalue weighted by Crippen LogP contribution is -2.44. The first-order valence-corrected chi connectivity index (χ1v) is 12.0. The van der Waals surface area contributed by atoms with E-state index in [2.05, 4.69) is 10.1 Å². The van der Waals surface area contributed by atoms with E-state index < -0.39 is 55.1 Å². The second-order valence-corrected chi connectivity index (χ2v) is 9.15. The Hall–Kier alpha value is -3.93. The molecule has 206 valence electrons. The first kappa shape index (κ1) is 28.1. The van der Waals surface area contributed by atoms with Crippen LogP contribution >= 0.6 is 11.6 Å². The largest absolute Gasteiger partial charge is 0.435 e. The molecule has 4 rings (SSSR count). The summed E-state index contributed by atoms with van der Waals surface area (Å²) < 4.78 is 68.2. The molecule has 1 saturated heterocycles. The topological polar surface area (TPSA) is 80.6 Å². The number of pyridine rings is 1. The number of carbonyl (C=O) groups excluding carboxylic acids is 2. The van der Waals surface area contributed by atoms with Crippen molar-refractivity contribution in [1.29, 1.82) is 0 Å². The molecular weight excluding hydrogens is 549 g/mol. The van der Waals surface area contributed by atoms with Gasteiger partial charge in [-0.25, -0.2) is 0 Å². The zero-order valence-electron chi connectivity index (χ0n) is 20.0. The summed E-state index contributed by atoms with van der Waals surface area (Å²) >= 11 is 5.99. The smallest absolute Gasteiger partial charge is 0.390 e. The molecule has 1 fully saturated rings. The van der Waals surface area contributed by atoms with Crippen LogP contribution in [0.4, 0.5) is 27.6 Å². The van der Waals surface area contributed by atoms with Gasteiger partial charge < -0.3 is 19.5 Å². The van der Waals surface area contributed by atoms with Gasteiger partial charge in [-0.2, -0.15) is 22.0 Å². The summed E-state index contributed by atoms with van der Waals surface area (Å²) in [6.07, 6.45) is -4.50. The van der Waals surface area contributed by atoms with E-state index in [-0.39, 0.29) is 23.5 Å². The Morgan fingerprint density at radius 1 is 1.05 bits per heavy atom. The number of halogens is 6. The average molecular weight is 570 g/mol. The zero-order valence-corrected chi connectivity index (χ0v) is 20.8. The van der Waals surface area contributed by atoms with E-state index in [0.29, 0.717) is 10.6 Å². The molecular formula is C26H21ClF5N3O4. The molecule has 1 N–H and O–H groups in total. The molecule has 0 bridgehead atoms. The fourth-order valence-electron chi connectivity index (χ4n) is 4.28. The van der Waals surface area contributed by atoms with Crippen LogP contribution in [-0.4, -0.2) is 41.8 Å². The van der Waals surface area contributed by atoms with Gasteiger partial charge in [0.15, 0.2) is 0 Å². The number of hydrogen-bond acceptors (Lipinski definition) is 4. The minimum atomic E-state index is -4.47. The van der Waals surface area contributed by atoms with Crippen molar-refractivity contribution in [1.82, 2.24) is 9.88 Å². The minimum absolute atomic E-state index is 0.0505. The Labute approximate surface area is 223 Å². The number of rotatable bonds is 8. The standard InChI is InChI=1S/C26H21ClF5N3O4/c27-17-7-3-15(4-8-17)19-14-35(20-2-1-12-34(23(20)37)13-11-26(30,31)32)24(38)21(19)33-22(36)16-5-9-18(10-6-16)39-25(28)29/h1-10,12,19,21,25H,11,13-14H2,(H,33,36)/t19-,21-/m0/s1. The lowest BCUT2D eigenvalue weighted by Gasteiger charge is -2.19. The molecule has 7 nitrogen and oxygen atoms in total. The Kier molecular flexibility index (Phi) is 8.24. The Bertz CT molecular complexity index is 1390. The van der Waals surface area contributed by atoms with E-state index >= 15 is 0 Å². The van der Waals surface area contributed by atoms with Crippen LogP contribution in [0.3, 0.4) is 0 Å². The number of hydrogen-bond donors (Lipinski definition) is 1. The van der Waals surface area contributed by atoms with Crippen molar-refractivity contribution in [2.75, 3.05) is 11.4 Å². The van der Waals surface area contributed by atoms with E-state index in [9.17, 15) is 36.3 Å². The summed E-state index contributed by atoms with van der Waals surface area (Å²) in [5.74, 6) is -2.14. The molecule has 2 amide bonds. The normalized spacial score (nSPS) is 17.5. The van der Waals surface area contributed by atoms with Crippen molar-refractivity contribution in [2.24, 2.45) is 0 Å². The molecule has 2 aromatic carbocycles. The zero-order chi connectivity index (χ0) is 28.3. The van der Waals surface area contributed by atoms with Crippen LogP contribution in [0, 0.1) is 0 Å². The average Bonchev–Trinajstić information content (AvgIpc) is 3.19.